The summed E-state index contributed by atoms with van der Waals surface area (Å²) in [6, 6.07) is 12.3. The third-order valence-corrected chi connectivity index (χ3v) is 6.26. The molecule has 1 aliphatic rings. The molecule has 1 atom stereocenters. The van der Waals surface area contributed by atoms with E-state index in [1.807, 2.05) is 25.1 Å². The predicted molar refractivity (Wildman–Crippen MR) is 132 cm³/mol. The number of aliphatic hydroxyl groups excluding tert-OH is 1. The van der Waals surface area contributed by atoms with Gasteiger partial charge in [-0.15, -0.1) is 0 Å². The molecule has 4 rings (SSSR count). The smallest absolute Gasteiger partial charge is 0.300 e. The topological polar surface area (TPSA) is 90.7 Å². The summed E-state index contributed by atoms with van der Waals surface area (Å²) in [4.78, 5) is 31.8. The summed E-state index contributed by atoms with van der Waals surface area (Å²) in [6.45, 7) is 8.00. The molecule has 0 spiro atoms. The number of halogens is 1. The second-order valence-electron chi connectivity index (χ2n) is 9.36. The third-order valence-electron chi connectivity index (χ3n) is 6.02. The van der Waals surface area contributed by atoms with Crippen LogP contribution in [0, 0.1) is 6.92 Å². The molecule has 1 saturated heterocycles. The van der Waals surface area contributed by atoms with E-state index in [-0.39, 0.29) is 33.2 Å². The number of phenols is 1. The summed E-state index contributed by atoms with van der Waals surface area (Å²) in [6.07, 6.45) is 3.08. The van der Waals surface area contributed by atoms with Crippen molar-refractivity contribution < 1.29 is 19.8 Å². The summed E-state index contributed by atoms with van der Waals surface area (Å²) in [5.74, 6) is -2.20. The number of aromatic hydroxyl groups is 1. The van der Waals surface area contributed by atoms with Gasteiger partial charge < -0.3 is 10.2 Å². The van der Waals surface area contributed by atoms with Crippen LogP contribution in [0.1, 0.15) is 49.1 Å². The summed E-state index contributed by atoms with van der Waals surface area (Å²) in [5, 5.41) is 22.3. The molecule has 1 fully saturated rings. The van der Waals surface area contributed by atoms with Crippen LogP contribution in [0.15, 0.2) is 66.5 Å². The van der Waals surface area contributed by atoms with Crippen LogP contribution in [-0.2, 0) is 15.0 Å². The van der Waals surface area contributed by atoms with Crippen molar-refractivity contribution in [3.05, 3.63) is 93.8 Å². The van der Waals surface area contributed by atoms with E-state index >= 15 is 0 Å². The number of aromatic nitrogens is 1. The van der Waals surface area contributed by atoms with Crippen LogP contribution in [0.3, 0.4) is 0 Å². The Balaban J connectivity index is 2.00. The van der Waals surface area contributed by atoms with Gasteiger partial charge in [0.15, 0.2) is 0 Å². The van der Waals surface area contributed by atoms with E-state index in [0.717, 1.165) is 11.1 Å². The van der Waals surface area contributed by atoms with Crippen LogP contribution >= 0.6 is 11.6 Å². The minimum Gasteiger partial charge on any atom is -0.507 e. The molecule has 7 heteroatoms. The fraction of sp³-hybridized carbons (Fsp3) is 0.222. The molecule has 0 radical (unpaired) electrons. The molecule has 34 heavy (non-hydrogen) atoms. The Hall–Kier alpha value is -3.64. The van der Waals surface area contributed by atoms with Gasteiger partial charge in [-0.1, -0.05) is 44.5 Å². The van der Waals surface area contributed by atoms with Crippen molar-refractivity contribution in [1.29, 1.82) is 0 Å². The lowest BCUT2D eigenvalue weighted by atomic mass is 9.84. The highest BCUT2D eigenvalue weighted by atomic mass is 35.5. The van der Waals surface area contributed by atoms with Crippen LogP contribution in [0.4, 0.5) is 5.69 Å². The van der Waals surface area contributed by atoms with E-state index in [2.05, 4.69) is 25.8 Å². The largest absolute Gasteiger partial charge is 0.507 e. The molecular formula is C27H25ClN2O4. The number of hydrogen-bond acceptors (Lipinski definition) is 5. The first-order valence-corrected chi connectivity index (χ1v) is 11.2. The highest BCUT2D eigenvalue weighted by Gasteiger charge is 2.48. The first-order chi connectivity index (χ1) is 16.0. The van der Waals surface area contributed by atoms with Crippen molar-refractivity contribution in [2.45, 2.75) is 39.2 Å². The zero-order valence-corrected chi connectivity index (χ0v) is 20.1. The van der Waals surface area contributed by atoms with Gasteiger partial charge in [-0.3, -0.25) is 19.5 Å². The minimum atomic E-state index is -0.981. The predicted octanol–water partition coefficient (Wildman–Crippen LogP) is 5.67. The maximum atomic E-state index is 13.3. The Kier molecular flexibility index (Phi) is 5.96. The number of phenolic OH excluding ortho intramolecular Hbond substituents is 1. The third kappa shape index (κ3) is 4.05. The molecule has 0 saturated carbocycles. The summed E-state index contributed by atoms with van der Waals surface area (Å²) in [5.41, 5.74) is 2.59. The molecule has 0 aliphatic carbocycles. The van der Waals surface area contributed by atoms with Crippen molar-refractivity contribution in [3.8, 4) is 5.75 Å². The number of anilines is 1. The van der Waals surface area contributed by atoms with Gasteiger partial charge in [0, 0.05) is 23.0 Å². The van der Waals surface area contributed by atoms with Crippen LogP contribution in [0.2, 0.25) is 5.02 Å². The Morgan fingerprint density at radius 3 is 2.35 bits per heavy atom. The van der Waals surface area contributed by atoms with E-state index in [1.54, 1.807) is 24.5 Å². The fourth-order valence-corrected chi connectivity index (χ4v) is 4.29. The standard InChI is InChI=1S/C27H25ClN2O4/c1-15-5-6-17(27(2,3)4)13-19(15)24(32)22-23(16-9-11-29-12-10-16)30(26(34)25(22)33)20-14-18(28)7-8-21(20)31/h5-14,23,31-32H,1-4H3/b24-22+. The van der Waals surface area contributed by atoms with Gasteiger partial charge in [-0.25, -0.2) is 0 Å². The number of carbonyl (C=O) groups excluding carboxylic acids is 2. The van der Waals surface area contributed by atoms with E-state index in [4.69, 9.17) is 11.6 Å². The zero-order chi connectivity index (χ0) is 24.8. The highest BCUT2D eigenvalue weighted by Crippen LogP contribution is 2.45. The second kappa shape index (κ2) is 8.61. The molecule has 1 amide bonds. The molecule has 3 aromatic rings. The molecule has 6 nitrogen and oxygen atoms in total. The Morgan fingerprint density at radius 2 is 1.71 bits per heavy atom. The van der Waals surface area contributed by atoms with Crippen LogP contribution < -0.4 is 4.90 Å². The number of amides is 1. The number of benzene rings is 2. The van der Waals surface area contributed by atoms with Gasteiger partial charge >= 0.3 is 0 Å². The van der Waals surface area contributed by atoms with Gasteiger partial charge in [-0.2, -0.15) is 0 Å². The van der Waals surface area contributed by atoms with Crippen LogP contribution in [0.5, 0.6) is 5.75 Å². The van der Waals surface area contributed by atoms with E-state index in [1.165, 1.54) is 23.1 Å². The van der Waals surface area contributed by atoms with Gasteiger partial charge in [0.05, 0.1) is 17.3 Å². The van der Waals surface area contributed by atoms with Crippen molar-refractivity contribution in [1.82, 2.24) is 4.98 Å². The lowest BCUT2D eigenvalue weighted by Crippen LogP contribution is -2.29. The van der Waals surface area contributed by atoms with Crippen LogP contribution in [0.25, 0.3) is 5.76 Å². The van der Waals surface area contributed by atoms with Crippen molar-refractivity contribution >= 4 is 34.7 Å². The normalized spacial score (nSPS) is 17.9. The maximum Gasteiger partial charge on any atom is 0.300 e. The number of aryl methyl sites for hydroxylation is 1. The first-order valence-electron chi connectivity index (χ1n) is 10.8. The fourth-order valence-electron chi connectivity index (χ4n) is 4.12. The number of rotatable bonds is 3. The molecular weight excluding hydrogens is 452 g/mol. The molecule has 2 aromatic carbocycles. The van der Waals surface area contributed by atoms with Gasteiger partial charge in [0.2, 0.25) is 0 Å². The summed E-state index contributed by atoms with van der Waals surface area (Å²) in [7, 11) is 0. The lowest BCUT2D eigenvalue weighted by molar-refractivity contribution is -0.132. The Labute approximate surface area is 203 Å². The summed E-state index contributed by atoms with van der Waals surface area (Å²) < 4.78 is 0. The molecule has 2 heterocycles. The average Bonchev–Trinajstić information content (AvgIpc) is 3.05. The lowest BCUT2D eigenvalue weighted by Gasteiger charge is -2.26. The quantitative estimate of drug-likeness (QED) is 0.288. The van der Waals surface area contributed by atoms with Gasteiger partial charge in [0.25, 0.3) is 11.7 Å². The van der Waals surface area contributed by atoms with Crippen molar-refractivity contribution in [2.75, 3.05) is 4.90 Å². The number of carbonyl (C=O) groups is 2. The summed E-state index contributed by atoms with van der Waals surface area (Å²) >= 11 is 6.14. The second-order valence-corrected chi connectivity index (χ2v) is 9.80. The van der Waals surface area contributed by atoms with E-state index < -0.39 is 17.7 Å². The number of hydrogen-bond donors (Lipinski definition) is 2. The van der Waals surface area contributed by atoms with Crippen LogP contribution in [-0.4, -0.2) is 26.9 Å². The number of ketones is 1. The number of pyridine rings is 1. The number of Topliss-reactive ketones (excluding diaryl/α,β-unsaturated/α-hetero) is 1. The van der Waals surface area contributed by atoms with Gasteiger partial charge in [-0.05, 0) is 65.4 Å². The number of aliphatic hydroxyl groups is 1. The molecule has 174 valence electrons. The van der Waals surface area contributed by atoms with Gasteiger partial charge in [0.1, 0.15) is 11.5 Å². The number of nitrogens with zero attached hydrogens (tertiary/aromatic N) is 2. The van der Waals surface area contributed by atoms with E-state index in [0.29, 0.717) is 11.1 Å². The molecule has 1 aliphatic heterocycles. The molecule has 2 N–H and O–H groups in total. The minimum absolute atomic E-state index is 0.0651. The molecule has 1 aromatic heterocycles. The SMILES string of the molecule is Cc1ccc(C(C)(C)C)cc1/C(O)=C1\C(=O)C(=O)N(c2cc(Cl)ccc2O)C1c1ccncc1. The zero-order valence-electron chi connectivity index (χ0n) is 19.3. The van der Waals surface area contributed by atoms with Crippen molar-refractivity contribution in [3.63, 3.8) is 0 Å². The monoisotopic (exact) mass is 476 g/mol. The molecule has 1 unspecified atom stereocenters. The first kappa shape index (κ1) is 23.5. The maximum absolute atomic E-state index is 13.3. The Bertz CT molecular complexity index is 1330. The Morgan fingerprint density at radius 1 is 1.03 bits per heavy atom. The van der Waals surface area contributed by atoms with Crippen molar-refractivity contribution in [2.24, 2.45) is 0 Å². The highest BCUT2D eigenvalue weighted by molar-refractivity contribution is 6.52. The average molecular weight is 477 g/mol. The van der Waals surface area contributed by atoms with E-state index in [9.17, 15) is 19.8 Å². The molecule has 0 bridgehead atoms.